The Hall–Kier alpha value is -3.67. The van der Waals surface area contributed by atoms with E-state index in [9.17, 15) is 24.5 Å². The Labute approximate surface area is 333 Å². The van der Waals surface area contributed by atoms with Crippen LogP contribution in [0.4, 0.5) is 10.5 Å². The minimum atomic E-state index is -0.994. The van der Waals surface area contributed by atoms with E-state index in [-0.39, 0.29) is 46.3 Å². The van der Waals surface area contributed by atoms with Gasteiger partial charge in [0.2, 0.25) is 5.91 Å². The van der Waals surface area contributed by atoms with Gasteiger partial charge < -0.3 is 29.6 Å². The number of nitro groups is 1. The number of allylic oxidation sites excluding steroid dienone is 1. The number of nitrogens with zero attached hydrogens (tertiary/aromatic N) is 1. The fourth-order valence-corrected chi connectivity index (χ4v) is 11.2. The fourth-order valence-electron chi connectivity index (χ4n) is 11.2. The third-order valence-corrected chi connectivity index (χ3v) is 14.1. The van der Waals surface area contributed by atoms with Gasteiger partial charge in [-0.2, -0.15) is 0 Å². The van der Waals surface area contributed by atoms with E-state index < -0.39 is 41.6 Å². The number of fused-ring (bicyclic) bond motifs is 5. The van der Waals surface area contributed by atoms with E-state index in [2.05, 4.69) is 37.5 Å². The van der Waals surface area contributed by atoms with Gasteiger partial charge in [-0.25, -0.2) is 9.59 Å². The minimum absolute atomic E-state index is 0.0279. The average molecular weight is 782 g/mol. The number of ether oxygens (including phenoxy) is 4. The number of hydrogen-bond acceptors (Lipinski definition) is 9. The maximum Gasteiger partial charge on any atom is 0.408 e. The van der Waals surface area contributed by atoms with Crippen LogP contribution in [-0.2, 0) is 30.4 Å². The normalized spacial score (nSPS) is 29.8. The highest BCUT2D eigenvalue weighted by Crippen LogP contribution is 2.67. The van der Waals surface area contributed by atoms with Crippen LogP contribution < -0.4 is 15.4 Å². The van der Waals surface area contributed by atoms with Gasteiger partial charge in [-0.1, -0.05) is 60.1 Å². The summed E-state index contributed by atoms with van der Waals surface area (Å²) in [5, 5.41) is 17.3. The molecule has 12 nitrogen and oxygen atoms in total. The van der Waals surface area contributed by atoms with Crippen LogP contribution in [0.5, 0.6) is 5.75 Å². The molecule has 5 rings (SSSR count). The molecule has 0 aromatic heterocycles. The topological polar surface area (TPSA) is 155 Å². The Morgan fingerprint density at radius 1 is 0.929 bits per heavy atom. The fraction of sp³-hybridized carbons (Fsp3) is 0.750. The van der Waals surface area contributed by atoms with E-state index in [1.807, 2.05) is 34.8 Å². The number of nitrogens with one attached hydrogen (secondary N) is 2. The summed E-state index contributed by atoms with van der Waals surface area (Å²) in [7, 11) is 3.11. The van der Waals surface area contributed by atoms with Crippen molar-refractivity contribution in [3.63, 3.8) is 0 Å². The quantitative estimate of drug-likeness (QED) is 0.0727. The van der Waals surface area contributed by atoms with Crippen molar-refractivity contribution in [1.29, 1.82) is 0 Å². The zero-order valence-electron chi connectivity index (χ0n) is 35.2. The Bertz CT molecular complexity index is 1610. The summed E-state index contributed by atoms with van der Waals surface area (Å²) in [6.45, 7) is 15.1. The molecule has 3 fully saturated rings. The zero-order valence-corrected chi connectivity index (χ0v) is 35.2. The molecule has 56 heavy (non-hydrogen) atoms. The van der Waals surface area contributed by atoms with Crippen LogP contribution in [0.3, 0.4) is 0 Å². The van der Waals surface area contributed by atoms with Crippen molar-refractivity contribution in [2.45, 2.75) is 137 Å². The number of esters is 1. The maximum absolute atomic E-state index is 13.3. The summed E-state index contributed by atoms with van der Waals surface area (Å²) in [4.78, 5) is 50.1. The second-order valence-corrected chi connectivity index (χ2v) is 18.5. The number of methoxy groups -OCH3 is 2. The molecule has 12 heteroatoms. The van der Waals surface area contributed by atoms with Crippen molar-refractivity contribution in [1.82, 2.24) is 10.6 Å². The lowest BCUT2D eigenvalue weighted by Gasteiger charge is -2.58. The number of benzene rings is 1. The number of nitro benzene ring substituents is 1. The second kappa shape index (κ2) is 18.3. The van der Waals surface area contributed by atoms with Crippen LogP contribution in [0.1, 0.15) is 118 Å². The summed E-state index contributed by atoms with van der Waals surface area (Å²) in [6.07, 6.45) is 12.2. The number of carbonyl (C=O) groups excluding carboxylic acids is 3. The molecule has 0 bridgehead atoms. The van der Waals surface area contributed by atoms with E-state index in [4.69, 9.17) is 18.9 Å². The molecule has 0 unspecified atom stereocenters. The van der Waals surface area contributed by atoms with Crippen LogP contribution >= 0.6 is 0 Å². The van der Waals surface area contributed by atoms with Gasteiger partial charge in [-0.15, -0.1) is 0 Å². The third kappa shape index (κ3) is 9.54. The molecule has 2 amide bonds. The molecule has 0 heterocycles. The van der Waals surface area contributed by atoms with Gasteiger partial charge in [0.15, 0.2) is 0 Å². The molecule has 0 saturated heterocycles. The molecule has 3 saturated carbocycles. The molecule has 1 aromatic carbocycles. The first-order valence-electron chi connectivity index (χ1n) is 20.9. The second-order valence-electron chi connectivity index (χ2n) is 18.5. The van der Waals surface area contributed by atoms with Crippen LogP contribution in [0.15, 0.2) is 29.8 Å². The Morgan fingerprint density at radius 2 is 1.64 bits per heavy atom. The Kier molecular flexibility index (Phi) is 14.2. The molecule has 312 valence electrons. The van der Waals surface area contributed by atoms with Gasteiger partial charge in [0.1, 0.15) is 24.4 Å². The van der Waals surface area contributed by atoms with Gasteiger partial charge in [-0.3, -0.25) is 14.9 Å². The summed E-state index contributed by atoms with van der Waals surface area (Å²) in [5.41, 5.74) is 2.16. The SMILES string of the molecule is COC(=O)[C@H](CC(C)C)NC(=O)[C@H](CC(C)C)NC(=O)OCc1cc(OC[C@@H](C)[C@H]2CC[C@H]3[C@@H]4CC=C5C[C@@H](OC)CC[C@]5(C)[C@H]4CC[C@]23C)ccc1[N+](=O)[O-]. The largest absolute Gasteiger partial charge is 0.493 e. The van der Waals surface area contributed by atoms with Crippen molar-refractivity contribution in [3.8, 4) is 5.75 Å². The molecule has 0 spiro atoms. The van der Waals surface area contributed by atoms with Crippen LogP contribution in [0, 0.1) is 62.4 Å². The van der Waals surface area contributed by atoms with Gasteiger partial charge in [0.05, 0.1) is 30.3 Å². The van der Waals surface area contributed by atoms with Gasteiger partial charge in [-0.05, 0) is 129 Å². The van der Waals surface area contributed by atoms with Gasteiger partial charge in [0.25, 0.3) is 5.69 Å². The first-order chi connectivity index (χ1) is 26.5. The standard InChI is InChI=1S/C44H67N3O9/c1-26(2)20-37(40(48)45-38(21-27(3)4)41(49)54-9)46-42(50)56-25-29-22-32(11-15-39(29)47(51)52)55-24-28(5)34-13-14-35-33-12-10-30-23-31(53-8)16-18-43(30,6)36(33)17-19-44(34,35)7/h10-11,15,22,26-28,31,33-38H,12-14,16-21,23-25H2,1-9H3,(H,45,48)(H,46,50)/t28-,31+,33+,34-,35+,36+,37+,38+,43+,44-/m1/s1. The summed E-state index contributed by atoms with van der Waals surface area (Å²) < 4.78 is 22.4. The number of rotatable bonds is 16. The van der Waals surface area contributed by atoms with Gasteiger partial charge in [0, 0.05) is 13.2 Å². The monoisotopic (exact) mass is 781 g/mol. The lowest BCUT2D eigenvalue weighted by Crippen LogP contribution is -2.52. The predicted molar refractivity (Wildman–Crippen MR) is 214 cm³/mol. The van der Waals surface area contributed by atoms with E-state index in [0.717, 1.165) is 18.8 Å². The summed E-state index contributed by atoms with van der Waals surface area (Å²) >= 11 is 0. The van der Waals surface area contributed by atoms with E-state index in [0.29, 0.717) is 42.6 Å². The van der Waals surface area contributed by atoms with Crippen LogP contribution in [0.2, 0.25) is 0 Å². The minimum Gasteiger partial charge on any atom is -0.493 e. The van der Waals surface area contributed by atoms with Gasteiger partial charge >= 0.3 is 12.1 Å². The molecule has 4 aliphatic carbocycles. The molecule has 0 radical (unpaired) electrons. The van der Waals surface area contributed by atoms with Crippen molar-refractivity contribution in [2.24, 2.45) is 52.3 Å². The Morgan fingerprint density at radius 3 is 2.30 bits per heavy atom. The van der Waals surface area contributed by atoms with Crippen molar-refractivity contribution >= 4 is 23.7 Å². The van der Waals surface area contributed by atoms with Crippen molar-refractivity contribution < 1.29 is 38.3 Å². The van der Waals surface area contributed by atoms with Crippen molar-refractivity contribution in [3.05, 3.63) is 45.5 Å². The number of alkyl carbamates (subject to hydrolysis) is 1. The van der Waals surface area contributed by atoms with E-state index in [1.54, 1.807) is 17.7 Å². The highest BCUT2D eigenvalue weighted by Gasteiger charge is 2.59. The molecule has 2 N–H and O–H groups in total. The molecule has 0 aliphatic heterocycles. The predicted octanol–water partition coefficient (Wildman–Crippen LogP) is 8.55. The lowest BCUT2D eigenvalue weighted by molar-refractivity contribution is -0.385. The Balaban J connectivity index is 1.20. The third-order valence-electron chi connectivity index (χ3n) is 14.1. The molecular weight excluding hydrogens is 714 g/mol. The molecular formula is C44H67N3O9. The van der Waals surface area contributed by atoms with Crippen molar-refractivity contribution in [2.75, 3.05) is 20.8 Å². The zero-order chi connectivity index (χ0) is 40.9. The molecule has 10 atom stereocenters. The van der Waals surface area contributed by atoms with Crippen LogP contribution in [0.25, 0.3) is 0 Å². The molecule has 1 aromatic rings. The van der Waals surface area contributed by atoms with E-state index >= 15 is 0 Å². The number of amides is 2. The summed E-state index contributed by atoms with van der Waals surface area (Å²) in [6, 6.07) is 2.69. The first kappa shape index (κ1) is 43.5. The number of hydrogen-bond donors (Lipinski definition) is 2. The maximum atomic E-state index is 13.3. The first-order valence-corrected chi connectivity index (χ1v) is 20.9. The highest BCUT2D eigenvalue weighted by molar-refractivity contribution is 5.89. The highest BCUT2D eigenvalue weighted by atomic mass is 16.6. The van der Waals surface area contributed by atoms with E-state index in [1.165, 1.54) is 51.7 Å². The molecule has 4 aliphatic rings. The number of carbonyl (C=O) groups is 3. The van der Waals surface area contributed by atoms with Crippen LogP contribution in [-0.4, -0.2) is 61.9 Å². The lowest BCUT2D eigenvalue weighted by atomic mass is 9.47. The summed E-state index contributed by atoms with van der Waals surface area (Å²) in [5.74, 6) is 2.45. The average Bonchev–Trinajstić information content (AvgIpc) is 3.51. The smallest absolute Gasteiger partial charge is 0.408 e.